The second kappa shape index (κ2) is 2.08. The number of rotatable bonds is 0. The van der Waals surface area contributed by atoms with Crippen LogP contribution in [0.3, 0.4) is 0 Å². The number of fused-ring (bicyclic) bond motifs is 1. The second-order valence-electron chi connectivity index (χ2n) is 1.87. The summed E-state index contributed by atoms with van der Waals surface area (Å²) in [5.74, 6) is 0. The molecular weight excluding hydrogens is 162 g/mol. The lowest BCUT2D eigenvalue weighted by Gasteiger charge is -1.66. The molecule has 0 saturated heterocycles. The van der Waals surface area contributed by atoms with Crippen molar-refractivity contribution in [1.29, 1.82) is 5.26 Å². The Labute approximate surface area is 66.2 Å². The Morgan fingerprint density at radius 3 is 3.00 bits per heavy atom. The molecule has 0 amide bonds. The van der Waals surface area contributed by atoms with Crippen molar-refractivity contribution in [3.8, 4) is 6.07 Å². The molecule has 0 aromatic carbocycles. The normalized spacial score (nSPS) is 9.90. The molecule has 0 aliphatic rings. The van der Waals surface area contributed by atoms with Crippen LogP contribution >= 0.6 is 22.7 Å². The first-order valence-corrected chi connectivity index (χ1v) is 4.47. The van der Waals surface area contributed by atoms with Gasteiger partial charge in [-0.15, -0.1) is 22.7 Å². The number of hydrogen-bond donors (Lipinski definition) is 0. The molecule has 0 unspecified atom stereocenters. The fraction of sp³-hybridized carbons (Fsp3) is 0. The Bertz CT molecular complexity index is 362. The van der Waals surface area contributed by atoms with Gasteiger partial charge in [0, 0.05) is 9.40 Å². The number of nitriles is 1. The maximum atomic E-state index is 8.52. The third-order valence-corrected chi connectivity index (χ3v) is 3.25. The first-order chi connectivity index (χ1) is 4.90. The summed E-state index contributed by atoms with van der Waals surface area (Å²) in [7, 11) is 0. The molecule has 2 aromatic heterocycles. The molecule has 0 fully saturated rings. The molecule has 0 aliphatic carbocycles. The third-order valence-electron chi connectivity index (χ3n) is 1.25. The van der Waals surface area contributed by atoms with Crippen LogP contribution in [0.5, 0.6) is 0 Å². The van der Waals surface area contributed by atoms with E-state index >= 15 is 0 Å². The molecule has 0 aliphatic heterocycles. The van der Waals surface area contributed by atoms with Gasteiger partial charge in [-0.2, -0.15) is 5.26 Å². The minimum Gasteiger partial charge on any atom is -0.192 e. The van der Waals surface area contributed by atoms with Crippen molar-refractivity contribution in [1.82, 2.24) is 0 Å². The van der Waals surface area contributed by atoms with Crippen LogP contribution in [0.4, 0.5) is 0 Å². The van der Waals surface area contributed by atoms with E-state index in [-0.39, 0.29) is 0 Å². The Kier molecular flexibility index (Phi) is 1.23. The van der Waals surface area contributed by atoms with E-state index in [4.69, 9.17) is 5.26 Å². The first-order valence-electron chi connectivity index (χ1n) is 2.77. The van der Waals surface area contributed by atoms with Gasteiger partial charge in [0.2, 0.25) is 0 Å². The third kappa shape index (κ3) is 0.737. The SMILES string of the molecule is N#Cc1cc2sccc2s1. The van der Waals surface area contributed by atoms with E-state index in [1.807, 2.05) is 17.5 Å². The molecule has 0 spiro atoms. The Balaban J connectivity index is 2.81. The highest BCUT2D eigenvalue weighted by atomic mass is 32.1. The molecule has 10 heavy (non-hydrogen) atoms. The molecule has 1 nitrogen and oxygen atoms in total. The van der Waals surface area contributed by atoms with Crippen LogP contribution in [0.2, 0.25) is 0 Å². The Hall–Kier alpha value is -0.850. The van der Waals surface area contributed by atoms with Gasteiger partial charge in [0.25, 0.3) is 0 Å². The zero-order valence-corrected chi connectivity index (χ0v) is 6.63. The summed E-state index contributed by atoms with van der Waals surface area (Å²) < 4.78 is 2.45. The van der Waals surface area contributed by atoms with E-state index in [0.29, 0.717) is 0 Å². The molecule has 48 valence electrons. The number of nitrogens with zero attached hydrogens (tertiary/aromatic N) is 1. The van der Waals surface area contributed by atoms with E-state index in [9.17, 15) is 0 Å². The topological polar surface area (TPSA) is 23.8 Å². The fourth-order valence-electron chi connectivity index (χ4n) is 0.821. The highest BCUT2D eigenvalue weighted by molar-refractivity contribution is 7.27. The average Bonchev–Trinajstić information content (AvgIpc) is 2.42. The van der Waals surface area contributed by atoms with Crippen LogP contribution in [-0.4, -0.2) is 0 Å². The van der Waals surface area contributed by atoms with Gasteiger partial charge >= 0.3 is 0 Å². The number of thiophene rings is 2. The van der Waals surface area contributed by atoms with Gasteiger partial charge < -0.3 is 0 Å². The summed E-state index contributed by atoms with van der Waals surface area (Å²) in [6, 6.07) is 6.11. The summed E-state index contributed by atoms with van der Waals surface area (Å²) in [5.41, 5.74) is 0. The molecule has 2 rings (SSSR count). The molecule has 0 bridgehead atoms. The monoisotopic (exact) mass is 165 g/mol. The largest absolute Gasteiger partial charge is 0.192 e. The van der Waals surface area contributed by atoms with Gasteiger partial charge in [-0.1, -0.05) is 0 Å². The van der Waals surface area contributed by atoms with E-state index in [1.165, 1.54) is 9.40 Å². The van der Waals surface area contributed by atoms with Crippen LogP contribution in [0.15, 0.2) is 17.5 Å². The van der Waals surface area contributed by atoms with Gasteiger partial charge in [0.15, 0.2) is 0 Å². The summed E-state index contributed by atoms with van der Waals surface area (Å²) >= 11 is 3.24. The van der Waals surface area contributed by atoms with Gasteiger partial charge in [-0.3, -0.25) is 0 Å². The van der Waals surface area contributed by atoms with E-state index in [1.54, 1.807) is 22.7 Å². The quantitative estimate of drug-likeness (QED) is 0.589. The molecular formula is C7H3NS2. The van der Waals surface area contributed by atoms with Crippen LogP contribution in [-0.2, 0) is 0 Å². The Morgan fingerprint density at radius 1 is 1.40 bits per heavy atom. The summed E-state index contributed by atoms with van der Waals surface area (Å²) in [5, 5.41) is 10.6. The predicted molar refractivity (Wildman–Crippen MR) is 44.4 cm³/mol. The van der Waals surface area contributed by atoms with E-state index in [2.05, 4.69) is 6.07 Å². The van der Waals surface area contributed by atoms with Crippen molar-refractivity contribution in [3.05, 3.63) is 22.4 Å². The lowest BCUT2D eigenvalue weighted by Crippen LogP contribution is -1.51. The minimum atomic E-state index is 0.807. The maximum absolute atomic E-state index is 8.52. The van der Waals surface area contributed by atoms with Crippen LogP contribution in [0.1, 0.15) is 4.88 Å². The summed E-state index contributed by atoms with van der Waals surface area (Å²) in [4.78, 5) is 0.807. The molecule has 0 radical (unpaired) electrons. The lowest BCUT2D eigenvalue weighted by atomic mass is 10.5. The smallest absolute Gasteiger partial charge is 0.110 e. The predicted octanol–water partition coefficient (Wildman–Crippen LogP) is 2.83. The second-order valence-corrected chi connectivity index (χ2v) is 3.90. The highest BCUT2D eigenvalue weighted by Gasteiger charge is 1.99. The van der Waals surface area contributed by atoms with Crippen molar-refractivity contribution in [3.63, 3.8) is 0 Å². The summed E-state index contributed by atoms with van der Waals surface area (Å²) in [6.07, 6.45) is 0. The van der Waals surface area contributed by atoms with Crippen molar-refractivity contribution >= 4 is 32.1 Å². The zero-order chi connectivity index (χ0) is 6.97. The summed E-state index contributed by atoms with van der Waals surface area (Å²) in [6.45, 7) is 0. The molecule has 3 heteroatoms. The van der Waals surface area contributed by atoms with Gasteiger partial charge in [0.1, 0.15) is 10.9 Å². The molecule has 0 saturated carbocycles. The standard InChI is InChI=1S/C7H3NS2/c8-4-5-3-7-6(10-5)1-2-9-7/h1-3H. The van der Waals surface area contributed by atoms with Crippen molar-refractivity contribution in [2.24, 2.45) is 0 Å². The highest BCUT2D eigenvalue weighted by Crippen LogP contribution is 2.28. The molecule has 2 heterocycles. The molecule has 2 aromatic rings. The van der Waals surface area contributed by atoms with Gasteiger partial charge in [0.05, 0.1) is 0 Å². The minimum absolute atomic E-state index is 0.807. The first kappa shape index (κ1) is 5.90. The van der Waals surface area contributed by atoms with Crippen molar-refractivity contribution < 1.29 is 0 Å². The molecule has 0 atom stereocenters. The zero-order valence-electron chi connectivity index (χ0n) is 5.00. The van der Waals surface area contributed by atoms with Crippen molar-refractivity contribution in [2.45, 2.75) is 0 Å². The van der Waals surface area contributed by atoms with Crippen LogP contribution in [0.25, 0.3) is 9.40 Å². The maximum Gasteiger partial charge on any atom is 0.110 e. The van der Waals surface area contributed by atoms with E-state index < -0.39 is 0 Å². The van der Waals surface area contributed by atoms with Gasteiger partial charge in [-0.25, -0.2) is 0 Å². The number of hydrogen-bond acceptors (Lipinski definition) is 3. The lowest BCUT2D eigenvalue weighted by molar-refractivity contribution is 1.53. The van der Waals surface area contributed by atoms with Crippen LogP contribution < -0.4 is 0 Å². The van der Waals surface area contributed by atoms with Crippen molar-refractivity contribution in [2.75, 3.05) is 0 Å². The van der Waals surface area contributed by atoms with Crippen LogP contribution in [0, 0.1) is 11.3 Å². The van der Waals surface area contributed by atoms with E-state index in [0.717, 1.165) is 4.88 Å². The molecule has 0 N–H and O–H groups in total. The fourth-order valence-corrected chi connectivity index (χ4v) is 2.73. The van der Waals surface area contributed by atoms with Gasteiger partial charge in [-0.05, 0) is 17.5 Å². The average molecular weight is 165 g/mol. The Morgan fingerprint density at radius 2 is 2.30 bits per heavy atom.